The molecule has 0 radical (unpaired) electrons. The largest absolute Gasteiger partial charge is 0.496 e. The van der Waals surface area contributed by atoms with Gasteiger partial charge in [0.1, 0.15) is 5.75 Å². The molecule has 2 aromatic rings. The van der Waals surface area contributed by atoms with Crippen LogP contribution in [0.3, 0.4) is 0 Å². The van der Waals surface area contributed by atoms with Crippen molar-refractivity contribution in [1.29, 1.82) is 0 Å². The maximum Gasteiger partial charge on any atom is 0.418 e. The first-order valence-corrected chi connectivity index (χ1v) is 5.49. The van der Waals surface area contributed by atoms with Crippen molar-refractivity contribution in [3.8, 4) is 5.75 Å². The van der Waals surface area contributed by atoms with Crippen molar-refractivity contribution in [2.24, 2.45) is 7.05 Å². The SMILES string of the molecule is [2H]C([2H])([2H])Oc1c([C@H](OC)C(F)(F)F)ccc2c1c(N)nn2C. The van der Waals surface area contributed by atoms with E-state index in [2.05, 4.69) is 9.84 Å². The van der Waals surface area contributed by atoms with Crippen LogP contribution in [0.15, 0.2) is 12.1 Å². The van der Waals surface area contributed by atoms with Crippen molar-refractivity contribution in [1.82, 2.24) is 9.78 Å². The molecule has 0 aliphatic carbocycles. The van der Waals surface area contributed by atoms with E-state index in [1.165, 1.54) is 17.8 Å². The Kier molecular flexibility index (Phi) is 2.62. The fraction of sp³-hybridized carbons (Fsp3) is 0.417. The smallest absolute Gasteiger partial charge is 0.418 e. The fourth-order valence-corrected chi connectivity index (χ4v) is 2.12. The lowest BCUT2D eigenvalue weighted by Crippen LogP contribution is -2.23. The lowest BCUT2D eigenvalue weighted by atomic mass is 10.0. The minimum atomic E-state index is -4.76. The zero-order valence-electron chi connectivity index (χ0n) is 13.7. The van der Waals surface area contributed by atoms with Crippen LogP contribution < -0.4 is 10.5 Å². The Morgan fingerprint density at radius 1 is 1.45 bits per heavy atom. The van der Waals surface area contributed by atoms with Crippen LogP contribution in [-0.4, -0.2) is 30.1 Å². The Morgan fingerprint density at radius 2 is 2.15 bits per heavy atom. The molecule has 2 rings (SSSR count). The summed E-state index contributed by atoms with van der Waals surface area (Å²) in [6.07, 6.45) is -7.12. The predicted molar refractivity (Wildman–Crippen MR) is 67.5 cm³/mol. The fourth-order valence-electron chi connectivity index (χ4n) is 2.12. The van der Waals surface area contributed by atoms with Gasteiger partial charge in [-0.3, -0.25) is 4.68 Å². The molecule has 1 atom stereocenters. The summed E-state index contributed by atoms with van der Waals surface area (Å²) in [5, 5.41) is 3.87. The van der Waals surface area contributed by atoms with Gasteiger partial charge in [0.05, 0.1) is 22.1 Å². The summed E-state index contributed by atoms with van der Waals surface area (Å²) in [4.78, 5) is 0. The molecule has 1 aromatic heterocycles. The first-order valence-electron chi connectivity index (χ1n) is 6.99. The minimum absolute atomic E-state index is 0.00701. The monoisotopic (exact) mass is 292 g/mol. The van der Waals surface area contributed by atoms with E-state index in [4.69, 9.17) is 14.6 Å². The van der Waals surface area contributed by atoms with Crippen LogP contribution in [0.4, 0.5) is 19.0 Å². The molecular weight excluding hydrogens is 275 g/mol. The van der Waals surface area contributed by atoms with Crippen molar-refractivity contribution in [3.63, 3.8) is 0 Å². The lowest BCUT2D eigenvalue weighted by molar-refractivity contribution is -0.216. The normalized spacial score (nSPS) is 16.6. The molecule has 0 aliphatic heterocycles. The molecule has 0 amide bonds. The number of aromatic nitrogens is 2. The number of fused-ring (bicyclic) bond motifs is 1. The molecule has 1 aromatic carbocycles. The van der Waals surface area contributed by atoms with E-state index in [9.17, 15) is 13.2 Å². The summed E-state index contributed by atoms with van der Waals surface area (Å²) in [7, 11) is -0.571. The van der Waals surface area contributed by atoms with Gasteiger partial charge in [0.25, 0.3) is 0 Å². The zero-order chi connectivity index (χ0) is 17.6. The van der Waals surface area contributed by atoms with Gasteiger partial charge in [0.15, 0.2) is 11.9 Å². The van der Waals surface area contributed by atoms with Crippen LogP contribution in [0.5, 0.6) is 5.75 Å². The first-order chi connectivity index (χ1) is 10.5. The molecule has 0 fully saturated rings. The topological polar surface area (TPSA) is 62.3 Å². The van der Waals surface area contributed by atoms with Crippen LogP contribution in [-0.2, 0) is 11.8 Å². The van der Waals surface area contributed by atoms with E-state index < -0.39 is 30.6 Å². The van der Waals surface area contributed by atoms with Crippen molar-refractivity contribution < 1.29 is 26.8 Å². The van der Waals surface area contributed by atoms with Crippen molar-refractivity contribution in [2.75, 3.05) is 19.9 Å². The van der Waals surface area contributed by atoms with Crippen molar-refractivity contribution in [2.45, 2.75) is 12.3 Å². The van der Waals surface area contributed by atoms with Crippen LogP contribution >= 0.6 is 0 Å². The average molecular weight is 292 g/mol. The molecular formula is C12H14F3N3O2. The van der Waals surface area contributed by atoms with Gasteiger partial charge in [0.2, 0.25) is 0 Å². The third kappa shape index (κ3) is 2.15. The number of benzene rings is 1. The van der Waals surface area contributed by atoms with Gasteiger partial charge in [0, 0.05) is 19.7 Å². The number of anilines is 1. The quantitative estimate of drug-likeness (QED) is 0.943. The van der Waals surface area contributed by atoms with Crippen molar-refractivity contribution in [3.05, 3.63) is 17.7 Å². The average Bonchev–Trinajstić information content (AvgIpc) is 2.65. The Bertz CT molecular complexity index is 728. The highest BCUT2D eigenvalue weighted by molar-refractivity contribution is 5.95. The molecule has 20 heavy (non-hydrogen) atoms. The van der Waals surface area contributed by atoms with Gasteiger partial charge in [-0.15, -0.1) is 0 Å². The van der Waals surface area contributed by atoms with Crippen molar-refractivity contribution >= 4 is 16.7 Å². The molecule has 0 spiro atoms. The summed E-state index contributed by atoms with van der Waals surface area (Å²) >= 11 is 0. The number of methoxy groups -OCH3 is 2. The number of hydrogen-bond acceptors (Lipinski definition) is 4. The molecule has 0 bridgehead atoms. The second-order valence-electron chi connectivity index (χ2n) is 4.15. The summed E-state index contributed by atoms with van der Waals surface area (Å²) in [5.41, 5.74) is 5.55. The molecule has 5 nitrogen and oxygen atoms in total. The van der Waals surface area contributed by atoms with Crippen LogP contribution in [0, 0.1) is 0 Å². The predicted octanol–water partition coefficient (Wildman–Crippen LogP) is 2.41. The third-order valence-corrected chi connectivity index (χ3v) is 2.95. The summed E-state index contributed by atoms with van der Waals surface area (Å²) < 4.78 is 71.7. The number of nitrogens with zero attached hydrogens (tertiary/aromatic N) is 2. The third-order valence-electron chi connectivity index (χ3n) is 2.95. The van der Waals surface area contributed by atoms with Gasteiger partial charge in [-0.2, -0.15) is 18.3 Å². The lowest BCUT2D eigenvalue weighted by Gasteiger charge is -2.21. The van der Waals surface area contributed by atoms with Crippen LogP contribution in [0.25, 0.3) is 10.9 Å². The summed E-state index contributed by atoms with van der Waals surface area (Å²) in [5.74, 6) is -0.655. The molecule has 0 aliphatic rings. The van der Waals surface area contributed by atoms with E-state index >= 15 is 0 Å². The molecule has 0 saturated heterocycles. The van der Waals surface area contributed by atoms with E-state index in [1.54, 1.807) is 0 Å². The molecule has 2 N–H and O–H groups in total. The number of aryl methyl sites for hydroxylation is 1. The molecule has 0 saturated carbocycles. The minimum Gasteiger partial charge on any atom is -0.496 e. The maximum atomic E-state index is 13.2. The number of ether oxygens (including phenoxy) is 2. The first kappa shape index (κ1) is 10.8. The van der Waals surface area contributed by atoms with Gasteiger partial charge in [-0.25, -0.2) is 0 Å². The molecule has 8 heteroatoms. The van der Waals surface area contributed by atoms with E-state index in [0.717, 1.165) is 13.2 Å². The number of hydrogen-bond donors (Lipinski definition) is 1. The van der Waals surface area contributed by atoms with Gasteiger partial charge < -0.3 is 15.2 Å². The summed E-state index contributed by atoms with van der Waals surface area (Å²) in [6, 6.07) is 2.43. The number of halogens is 3. The Balaban J connectivity index is 2.78. The number of nitrogen functional groups attached to an aromatic ring is 1. The second kappa shape index (κ2) is 4.86. The summed E-state index contributed by atoms with van der Waals surface area (Å²) in [6.45, 7) is 0. The molecule has 0 unspecified atom stereocenters. The molecule has 1 heterocycles. The standard InChI is InChI=1S/C12H14F3N3O2/c1-18-7-5-4-6(10(20-3)12(13,14)15)9(19-2)8(7)11(16)17-18/h4-5,10H,1-3H3,(H2,16,17)/t10-/m0/s1/i2D3. The van der Waals surface area contributed by atoms with Crippen LogP contribution in [0.2, 0.25) is 0 Å². The maximum absolute atomic E-state index is 13.2. The van der Waals surface area contributed by atoms with Crippen LogP contribution in [0.1, 0.15) is 15.8 Å². The highest BCUT2D eigenvalue weighted by Crippen LogP contribution is 2.43. The zero-order valence-corrected chi connectivity index (χ0v) is 10.7. The van der Waals surface area contributed by atoms with Gasteiger partial charge >= 0.3 is 6.18 Å². The highest BCUT2D eigenvalue weighted by atomic mass is 19.4. The Labute approximate surface area is 117 Å². The number of rotatable bonds is 3. The Hall–Kier alpha value is -1.96. The molecule has 110 valence electrons. The van der Waals surface area contributed by atoms with Gasteiger partial charge in [-0.05, 0) is 6.07 Å². The van der Waals surface area contributed by atoms with E-state index in [1.807, 2.05) is 0 Å². The highest BCUT2D eigenvalue weighted by Gasteiger charge is 2.43. The van der Waals surface area contributed by atoms with E-state index in [0.29, 0.717) is 5.52 Å². The van der Waals surface area contributed by atoms with E-state index in [-0.39, 0.29) is 11.2 Å². The number of nitrogens with two attached hydrogens (primary N) is 1. The second-order valence-corrected chi connectivity index (χ2v) is 4.15. The number of alkyl halides is 3. The Morgan fingerprint density at radius 3 is 2.70 bits per heavy atom. The van der Waals surface area contributed by atoms with Gasteiger partial charge in [-0.1, -0.05) is 6.07 Å².